The van der Waals surface area contributed by atoms with Gasteiger partial charge in [-0.2, -0.15) is 0 Å². The van der Waals surface area contributed by atoms with E-state index in [0.717, 1.165) is 22.0 Å². The second-order valence-electron chi connectivity index (χ2n) is 15.2. The Hall–Kier alpha value is -4.27. The van der Waals surface area contributed by atoms with Crippen molar-refractivity contribution >= 4 is 42.4 Å². The number of nitrogens with one attached hydrogen (secondary N) is 1. The Morgan fingerprint density at radius 1 is 1.04 bits per heavy atom. The SMILES string of the molecule is C=CCN1CC(=O)N2[C@@H](Cc3ccc(OP(=O)([O-])O)cc3)C(=O)N(Cc3cccc4c(C(=O)CC(C)(C)C)cn(C)c34)C[C@@H]2N1C(=O)NCc1ccccc1.[Na+]. The van der Waals surface area contributed by atoms with Gasteiger partial charge in [-0.05, 0) is 34.2 Å². The molecule has 2 N–H and O–H groups in total. The number of rotatable bonds is 12. The minimum atomic E-state index is -5.04. The van der Waals surface area contributed by atoms with E-state index in [4.69, 9.17) is 4.89 Å². The Morgan fingerprint density at radius 2 is 1.73 bits per heavy atom. The van der Waals surface area contributed by atoms with Crippen LogP contribution in [0.3, 0.4) is 0 Å². The fourth-order valence-electron chi connectivity index (χ4n) is 7.43. The Morgan fingerprint density at radius 3 is 2.38 bits per heavy atom. The number of benzene rings is 3. The first kappa shape index (κ1) is 42.9. The molecule has 0 saturated carbocycles. The van der Waals surface area contributed by atoms with Gasteiger partial charge in [0.1, 0.15) is 18.0 Å². The van der Waals surface area contributed by atoms with Gasteiger partial charge in [0.15, 0.2) is 5.78 Å². The van der Waals surface area contributed by atoms with Gasteiger partial charge >= 0.3 is 43.4 Å². The first-order chi connectivity index (χ1) is 26.0. The Labute approximate surface area is 348 Å². The number of aryl methyl sites for hydroxylation is 1. The monoisotopic (exact) mass is 792 g/mol. The predicted octanol–water partition coefficient (Wildman–Crippen LogP) is 1.38. The molecule has 0 aliphatic carbocycles. The summed E-state index contributed by atoms with van der Waals surface area (Å²) in [4.78, 5) is 79.9. The number of urea groups is 1. The molecular weight excluding hydrogens is 746 g/mol. The van der Waals surface area contributed by atoms with Crippen LogP contribution in [0.4, 0.5) is 4.79 Å². The zero-order valence-corrected chi connectivity index (χ0v) is 35.3. The van der Waals surface area contributed by atoms with E-state index < -0.39 is 26.1 Å². The number of hydrogen-bond acceptors (Lipinski definition) is 8. The van der Waals surface area contributed by atoms with Crippen molar-refractivity contribution in [2.45, 2.75) is 58.9 Å². The van der Waals surface area contributed by atoms with Crippen LogP contribution in [0.5, 0.6) is 5.75 Å². The minimum absolute atomic E-state index is 0. The van der Waals surface area contributed by atoms with Crippen LogP contribution in [0.2, 0.25) is 0 Å². The van der Waals surface area contributed by atoms with E-state index in [1.807, 2.05) is 87.1 Å². The third kappa shape index (κ3) is 9.81. The molecule has 56 heavy (non-hydrogen) atoms. The first-order valence-electron chi connectivity index (χ1n) is 18.0. The molecule has 6 rings (SSSR count). The van der Waals surface area contributed by atoms with E-state index >= 15 is 0 Å². The molecule has 1 aromatic heterocycles. The number of Topliss-reactive ketones (excluding diaryl/α,β-unsaturated/α-hetero) is 1. The van der Waals surface area contributed by atoms with Crippen LogP contribution in [0.25, 0.3) is 10.9 Å². The topological polar surface area (TPSA) is 168 Å². The number of carbonyl (C=O) groups is 4. The van der Waals surface area contributed by atoms with Gasteiger partial charge in [-0.25, -0.2) is 14.8 Å². The maximum atomic E-state index is 14.7. The van der Waals surface area contributed by atoms with Gasteiger partial charge in [0.05, 0.1) is 18.6 Å². The van der Waals surface area contributed by atoms with Crippen LogP contribution in [0.1, 0.15) is 54.2 Å². The van der Waals surface area contributed by atoms with E-state index in [0.29, 0.717) is 17.5 Å². The van der Waals surface area contributed by atoms with Gasteiger partial charge in [-0.1, -0.05) is 87.5 Å². The van der Waals surface area contributed by atoms with Crippen LogP contribution in [0, 0.1) is 5.41 Å². The van der Waals surface area contributed by atoms with Crippen molar-refractivity contribution in [3.8, 4) is 5.75 Å². The summed E-state index contributed by atoms with van der Waals surface area (Å²) in [5.74, 6) is -0.795. The van der Waals surface area contributed by atoms with E-state index in [-0.39, 0.29) is 97.5 Å². The molecule has 4 amide bonds. The van der Waals surface area contributed by atoms with Crippen LogP contribution >= 0.6 is 7.82 Å². The summed E-state index contributed by atoms with van der Waals surface area (Å²) in [6.45, 7) is 10.3. The molecule has 0 radical (unpaired) electrons. The third-order valence-corrected chi connectivity index (χ3v) is 10.1. The number of phosphoric ester groups is 1. The minimum Gasteiger partial charge on any atom is -0.746 e. The summed E-state index contributed by atoms with van der Waals surface area (Å²) >= 11 is 0. The van der Waals surface area contributed by atoms with E-state index in [1.54, 1.807) is 28.1 Å². The van der Waals surface area contributed by atoms with Crippen molar-refractivity contribution in [1.29, 1.82) is 0 Å². The molecule has 4 aromatic rings. The summed E-state index contributed by atoms with van der Waals surface area (Å²) in [6.07, 6.45) is 2.93. The van der Waals surface area contributed by atoms with Crippen molar-refractivity contribution in [3.63, 3.8) is 0 Å². The number of hydrogen-bond donors (Lipinski definition) is 2. The molecule has 1 unspecified atom stereocenters. The van der Waals surface area contributed by atoms with Crippen LogP contribution in [-0.2, 0) is 40.7 Å². The quantitative estimate of drug-likeness (QED) is 0.0933. The Bertz CT molecular complexity index is 2150. The molecule has 2 saturated heterocycles. The summed E-state index contributed by atoms with van der Waals surface area (Å²) in [7, 11) is -3.18. The van der Waals surface area contributed by atoms with E-state index in [2.05, 4.69) is 16.4 Å². The Kier molecular flexibility index (Phi) is 13.4. The molecule has 3 aromatic carbocycles. The van der Waals surface area contributed by atoms with Crippen molar-refractivity contribution in [3.05, 3.63) is 114 Å². The standard InChI is InChI=1S/C40H47N6O8P.Na/c1-6-19-44-26-36(48)45-33(20-27-15-17-30(18-16-27)54-55(51,52)53)38(49)43(25-35(45)46(44)39(50)41-22-28-11-8-7-9-12-28)23-29-13-10-14-31-32(24-42(5)37(29)31)34(47)21-40(2,3)4;/h6-18,24,33,35H,1,19-23,25-26H2,2-5H3,(H,41,50)(H2,51,52,53);/q;+1/p-1/t33-,35-;/m0./s1. The predicted molar refractivity (Wildman–Crippen MR) is 204 cm³/mol. The fraction of sp³-hybridized carbons (Fsp3) is 0.350. The number of nitrogens with zero attached hydrogens (tertiary/aromatic N) is 5. The second-order valence-corrected chi connectivity index (χ2v) is 16.3. The van der Waals surface area contributed by atoms with E-state index in [9.17, 15) is 28.6 Å². The van der Waals surface area contributed by atoms with E-state index in [1.165, 1.54) is 22.0 Å². The van der Waals surface area contributed by atoms with Crippen molar-refractivity contribution < 1.29 is 67.6 Å². The molecule has 2 aliphatic heterocycles. The molecule has 3 heterocycles. The average Bonchev–Trinajstić information content (AvgIpc) is 3.46. The molecule has 16 heteroatoms. The average molecular weight is 793 g/mol. The molecule has 290 valence electrons. The summed E-state index contributed by atoms with van der Waals surface area (Å²) in [5.41, 5.74) is 3.44. The fourth-order valence-corrected chi connectivity index (χ4v) is 7.81. The second kappa shape index (κ2) is 17.5. The number of fused-ring (bicyclic) bond motifs is 2. The third-order valence-electron chi connectivity index (χ3n) is 9.68. The molecule has 2 aliphatic rings. The van der Waals surface area contributed by atoms with Gasteiger partial charge in [0, 0.05) is 56.7 Å². The molecule has 3 atom stereocenters. The number of amides is 4. The maximum absolute atomic E-state index is 14.7. The molecule has 0 bridgehead atoms. The van der Waals surface area contributed by atoms with Crippen LogP contribution < -0.4 is 44.3 Å². The number of phosphoric acid groups is 1. The van der Waals surface area contributed by atoms with Gasteiger partial charge < -0.3 is 34.0 Å². The molecule has 2 fully saturated rings. The molecule has 0 spiro atoms. The maximum Gasteiger partial charge on any atom is 1.00 e. The van der Waals surface area contributed by atoms with Gasteiger partial charge in [0.25, 0.3) is 0 Å². The van der Waals surface area contributed by atoms with Crippen molar-refractivity contribution in [1.82, 2.24) is 29.7 Å². The molecular formula is C40H46N6NaO8P. The smallest absolute Gasteiger partial charge is 0.746 e. The van der Waals surface area contributed by atoms with Gasteiger partial charge in [0.2, 0.25) is 11.8 Å². The number of ketones is 1. The van der Waals surface area contributed by atoms with Crippen LogP contribution in [0.15, 0.2) is 91.6 Å². The number of aromatic nitrogens is 1. The van der Waals surface area contributed by atoms with Crippen molar-refractivity contribution in [2.24, 2.45) is 12.5 Å². The zero-order valence-electron chi connectivity index (χ0n) is 32.4. The summed E-state index contributed by atoms with van der Waals surface area (Å²) in [6, 6.07) is 19.4. The summed E-state index contributed by atoms with van der Waals surface area (Å²) < 4.78 is 17.8. The van der Waals surface area contributed by atoms with Crippen LogP contribution in [-0.4, -0.2) is 84.7 Å². The number of piperazine rings is 1. The summed E-state index contributed by atoms with van der Waals surface area (Å²) in [5, 5.41) is 6.87. The van der Waals surface area contributed by atoms with Gasteiger partial charge in [-0.3, -0.25) is 18.9 Å². The number of hydrazine groups is 1. The molecule has 14 nitrogen and oxygen atoms in total. The van der Waals surface area contributed by atoms with Gasteiger partial charge in [-0.15, -0.1) is 6.58 Å². The zero-order chi connectivity index (χ0) is 39.7. The largest absolute Gasteiger partial charge is 1.00 e. The number of carbonyl (C=O) groups excluding carboxylic acids is 4. The Balaban J connectivity index is 0.00000600. The number of para-hydroxylation sites is 1. The van der Waals surface area contributed by atoms with Crippen molar-refractivity contribution in [2.75, 3.05) is 19.6 Å². The normalized spacial score (nSPS) is 18.6. The first-order valence-corrected chi connectivity index (χ1v) is 19.5.